The topological polar surface area (TPSA) is 92.8 Å². The highest BCUT2D eigenvalue weighted by Gasteiger charge is 2.22. The second-order valence-corrected chi connectivity index (χ2v) is 6.72. The number of carbonyl (C=O) groups is 1. The van der Waals surface area contributed by atoms with E-state index in [2.05, 4.69) is 25.5 Å². The van der Waals surface area contributed by atoms with Gasteiger partial charge in [-0.3, -0.25) is 9.89 Å². The fourth-order valence-electron chi connectivity index (χ4n) is 3.50. The van der Waals surface area contributed by atoms with E-state index in [-0.39, 0.29) is 12.0 Å². The van der Waals surface area contributed by atoms with Crippen molar-refractivity contribution < 1.29 is 9.53 Å². The summed E-state index contributed by atoms with van der Waals surface area (Å²) >= 11 is 0. The standard InChI is InChI=1S/C18H23N5O2/c24-18(16-13-5-1-2-6-14(13)22-23-16)21-11-12-9-19-17(20-10-12)15-7-3-4-8-25-15/h9-10,15H,1-8,11H2,(H,21,24)(H,22,23)/t15-/m0/s1. The summed E-state index contributed by atoms with van der Waals surface area (Å²) < 4.78 is 5.70. The fraction of sp³-hybridized carbons (Fsp3) is 0.556. The Balaban J connectivity index is 1.36. The first-order chi connectivity index (χ1) is 12.3. The predicted molar refractivity (Wildman–Crippen MR) is 91.0 cm³/mol. The lowest BCUT2D eigenvalue weighted by Crippen LogP contribution is -2.25. The number of hydrogen-bond acceptors (Lipinski definition) is 5. The molecule has 2 aromatic heterocycles. The number of H-pyrrole nitrogens is 1. The zero-order chi connectivity index (χ0) is 17.1. The normalized spacial score (nSPS) is 20.1. The van der Waals surface area contributed by atoms with Gasteiger partial charge in [-0.1, -0.05) is 0 Å². The number of fused-ring (bicyclic) bond motifs is 1. The molecule has 1 amide bonds. The molecule has 7 heteroatoms. The largest absolute Gasteiger partial charge is 0.370 e. The Morgan fingerprint density at radius 3 is 2.84 bits per heavy atom. The van der Waals surface area contributed by atoms with Crippen LogP contribution in [0.1, 0.15) is 71.3 Å². The maximum absolute atomic E-state index is 12.4. The van der Waals surface area contributed by atoms with Gasteiger partial charge in [-0.25, -0.2) is 9.97 Å². The number of amides is 1. The first-order valence-corrected chi connectivity index (χ1v) is 9.08. The molecular formula is C18H23N5O2. The summed E-state index contributed by atoms with van der Waals surface area (Å²) in [6, 6.07) is 0. The van der Waals surface area contributed by atoms with Crippen LogP contribution in [0.25, 0.3) is 0 Å². The second kappa shape index (κ2) is 7.31. The third kappa shape index (κ3) is 3.56. The van der Waals surface area contributed by atoms with Gasteiger partial charge in [0.15, 0.2) is 11.5 Å². The average Bonchev–Trinajstić information content (AvgIpc) is 3.11. The van der Waals surface area contributed by atoms with Crippen molar-refractivity contribution in [2.45, 2.75) is 57.6 Å². The monoisotopic (exact) mass is 341 g/mol. The average molecular weight is 341 g/mol. The number of ether oxygens (including phenoxy) is 1. The molecule has 1 aliphatic heterocycles. The Kier molecular flexibility index (Phi) is 4.74. The minimum absolute atomic E-state index is 0.00738. The summed E-state index contributed by atoms with van der Waals surface area (Å²) in [5, 5.41) is 10.1. The predicted octanol–water partition coefficient (Wildman–Crippen LogP) is 2.25. The Bertz CT molecular complexity index is 734. The third-order valence-corrected chi connectivity index (χ3v) is 4.92. The molecule has 0 bridgehead atoms. The molecule has 2 N–H and O–H groups in total. The highest BCUT2D eigenvalue weighted by Crippen LogP contribution is 2.25. The molecule has 2 aromatic rings. The van der Waals surface area contributed by atoms with E-state index in [0.717, 1.165) is 74.2 Å². The lowest BCUT2D eigenvalue weighted by molar-refractivity contribution is 0.00940. The Morgan fingerprint density at radius 2 is 2.04 bits per heavy atom. The van der Waals surface area contributed by atoms with Gasteiger partial charge in [0.1, 0.15) is 6.10 Å². The van der Waals surface area contributed by atoms with Gasteiger partial charge in [0, 0.05) is 42.4 Å². The zero-order valence-corrected chi connectivity index (χ0v) is 14.3. The van der Waals surface area contributed by atoms with E-state index in [9.17, 15) is 4.79 Å². The van der Waals surface area contributed by atoms with Crippen LogP contribution in [-0.4, -0.2) is 32.7 Å². The van der Waals surface area contributed by atoms with Crippen molar-refractivity contribution in [3.63, 3.8) is 0 Å². The molecule has 2 aliphatic rings. The molecule has 1 aliphatic carbocycles. The highest BCUT2D eigenvalue weighted by atomic mass is 16.5. The smallest absolute Gasteiger partial charge is 0.272 e. The molecule has 0 spiro atoms. The molecule has 3 heterocycles. The summed E-state index contributed by atoms with van der Waals surface area (Å²) in [6.07, 6.45) is 10.9. The number of aryl methyl sites for hydroxylation is 1. The molecule has 7 nitrogen and oxygen atoms in total. The number of nitrogens with one attached hydrogen (secondary N) is 2. The van der Waals surface area contributed by atoms with Crippen LogP contribution in [0.4, 0.5) is 0 Å². The Labute approximate surface area is 146 Å². The van der Waals surface area contributed by atoms with Gasteiger partial charge in [0.05, 0.1) is 0 Å². The van der Waals surface area contributed by atoms with Crippen LogP contribution in [0.3, 0.4) is 0 Å². The van der Waals surface area contributed by atoms with E-state index in [1.165, 1.54) is 0 Å². The van der Waals surface area contributed by atoms with Crippen molar-refractivity contribution in [2.24, 2.45) is 0 Å². The van der Waals surface area contributed by atoms with Gasteiger partial charge < -0.3 is 10.1 Å². The highest BCUT2D eigenvalue weighted by molar-refractivity contribution is 5.94. The quantitative estimate of drug-likeness (QED) is 0.890. The molecule has 1 atom stereocenters. The Hall–Kier alpha value is -2.28. The number of hydrogen-bond donors (Lipinski definition) is 2. The summed E-state index contributed by atoms with van der Waals surface area (Å²) in [5.41, 5.74) is 3.58. The lowest BCUT2D eigenvalue weighted by Gasteiger charge is -2.21. The second-order valence-electron chi connectivity index (χ2n) is 6.72. The number of aromatic amines is 1. The summed E-state index contributed by atoms with van der Waals surface area (Å²) in [6.45, 7) is 1.17. The first-order valence-electron chi connectivity index (χ1n) is 9.08. The SMILES string of the molecule is O=C(NCc1cnc([C@@H]2CCCCO2)nc1)c1n[nH]c2c1CCCC2. The van der Waals surface area contributed by atoms with Crippen molar-refractivity contribution >= 4 is 5.91 Å². The fourth-order valence-corrected chi connectivity index (χ4v) is 3.50. The van der Waals surface area contributed by atoms with Gasteiger partial charge in [-0.2, -0.15) is 5.10 Å². The van der Waals surface area contributed by atoms with Crippen LogP contribution in [0, 0.1) is 0 Å². The zero-order valence-electron chi connectivity index (χ0n) is 14.3. The maximum atomic E-state index is 12.4. The Morgan fingerprint density at radius 1 is 1.20 bits per heavy atom. The van der Waals surface area contributed by atoms with E-state index >= 15 is 0 Å². The van der Waals surface area contributed by atoms with Gasteiger partial charge in [-0.05, 0) is 44.9 Å². The van der Waals surface area contributed by atoms with Crippen LogP contribution >= 0.6 is 0 Å². The number of nitrogens with zero attached hydrogens (tertiary/aromatic N) is 3. The van der Waals surface area contributed by atoms with Crippen LogP contribution in [-0.2, 0) is 24.1 Å². The lowest BCUT2D eigenvalue weighted by atomic mass is 9.96. The van der Waals surface area contributed by atoms with Crippen LogP contribution < -0.4 is 5.32 Å². The summed E-state index contributed by atoms with van der Waals surface area (Å²) in [4.78, 5) is 21.2. The molecule has 132 valence electrons. The summed E-state index contributed by atoms with van der Waals surface area (Å²) in [7, 11) is 0. The van der Waals surface area contributed by atoms with E-state index in [0.29, 0.717) is 12.2 Å². The van der Waals surface area contributed by atoms with E-state index in [1.54, 1.807) is 12.4 Å². The van der Waals surface area contributed by atoms with Crippen molar-refractivity contribution in [3.05, 3.63) is 40.7 Å². The van der Waals surface area contributed by atoms with Crippen LogP contribution in [0.2, 0.25) is 0 Å². The molecule has 0 aromatic carbocycles. The van der Waals surface area contributed by atoms with Gasteiger partial charge >= 0.3 is 0 Å². The molecule has 4 rings (SSSR count). The van der Waals surface area contributed by atoms with Gasteiger partial charge in [0.25, 0.3) is 5.91 Å². The number of rotatable bonds is 4. The van der Waals surface area contributed by atoms with Gasteiger partial charge in [0.2, 0.25) is 0 Å². The third-order valence-electron chi connectivity index (χ3n) is 4.92. The van der Waals surface area contributed by atoms with Crippen molar-refractivity contribution in [1.29, 1.82) is 0 Å². The van der Waals surface area contributed by atoms with E-state index in [1.807, 2.05) is 0 Å². The van der Waals surface area contributed by atoms with Crippen molar-refractivity contribution in [3.8, 4) is 0 Å². The summed E-state index contributed by atoms with van der Waals surface area (Å²) in [5.74, 6) is 0.593. The van der Waals surface area contributed by atoms with Crippen LogP contribution in [0.5, 0.6) is 0 Å². The molecule has 1 fully saturated rings. The molecule has 0 saturated carbocycles. The first kappa shape index (κ1) is 16.2. The molecule has 0 unspecified atom stereocenters. The van der Waals surface area contributed by atoms with Gasteiger partial charge in [-0.15, -0.1) is 0 Å². The number of carbonyl (C=O) groups excluding carboxylic acids is 1. The minimum Gasteiger partial charge on any atom is -0.370 e. The minimum atomic E-state index is -0.140. The number of aromatic nitrogens is 4. The maximum Gasteiger partial charge on any atom is 0.272 e. The van der Waals surface area contributed by atoms with Crippen molar-refractivity contribution in [2.75, 3.05) is 6.61 Å². The molecular weight excluding hydrogens is 318 g/mol. The van der Waals surface area contributed by atoms with Crippen LogP contribution in [0.15, 0.2) is 12.4 Å². The van der Waals surface area contributed by atoms with E-state index < -0.39 is 0 Å². The molecule has 1 saturated heterocycles. The molecule has 25 heavy (non-hydrogen) atoms. The molecule has 0 radical (unpaired) electrons. The van der Waals surface area contributed by atoms with E-state index in [4.69, 9.17) is 4.74 Å². The van der Waals surface area contributed by atoms with Crippen molar-refractivity contribution in [1.82, 2.24) is 25.5 Å².